The smallest absolute Gasteiger partial charge is 0.240 e. The molecular weight excluding hydrogens is 258 g/mol. The number of halogens is 1. The van der Waals surface area contributed by atoms with Gasteiger partial charge in [-0.3, -0.25) is 0 Å². The number of hydrogen-bond acceptors (Lipinski definition) is 6. The van der Waals surface area contributed by atoms with Crippen molar-refractivity contribution in [3.05, 3.63) is 35.0 Å². The maximum atomic E-state index is 6.02. The van der Waals surface area contributed by atoms with E-state index in [2.05, 4.69) is 9.97 Å². The number of ether oxygens (including phenoxy) is 2. The topological polar surface area (TPSA) is 83.4 Å². The summed E-state index contributed by atoms with van der Waals surface area (Å²) in [6, 6.07) is 2.68. The van der Waals surface area contributed by atoms with Crippen molar-refractivity contribution < 1.29 is 13.9 Å². The van der Waals surface area contributed by atoms with Gasteiger partial charge in [0.2, 0.25) is 11.8 Å². The number of rotatable bonds is 4. The molecule has 2 rings (SSSR count). The Morgan fingerprint density at radius 3 is 2.67 bits per heavy atom. The first-order valence-corrected chi connectivity index (χ1v) is 5.49. The fraction of sp³-hybridized carbons (Fsp3) is 0.273. The van der Waals surface area contributed by atoms with E-state index in [0.717, 1.165) is 0 Å². The third-order valence-electron chi connectivity index (χ3n) is 2.34. The second-order valence-corrected chi connectivity index (χ2v) is 3.80. The molecule has 0 aliphatic heterocycles. The molecule has 2 aromatic heterocycles. The molecular formula is C11H12ClN3O3. The molecule has 18 heavy (non-hydrogen) atoms. The van der Waals surface area contributed by atoms with Crippen LogP contribution < -0.4 is 15.2 Å². The fourth-order valence-corrected chi connectivity index (χ4v) is 1.61. The van der Waals surface area contributed by atoms with E-state index in [-0.39, 0.29) is 11.1 Å². The molecule has 0 aromatic carbocycles. The SMILES string of the molecule is COc1cnc(C(N)c2ccc(Cl)o2)c(OC)n1. The van der Waals surface area contributed by atoms with E-state index in [4.69, 9.17) is 31.2 Å². The summed E-state index contributed by atoms with van der Waals surface area (Å²) in [5, 5.41) is 0.265. The number of nitrogens with two attached hydrogens (primary N) is 1. The third-order valence-corrected chi connectivity index (χ3v) is 2.55. The predicted molar refractivity (Wildman–Crippen MR) is 64.9 cm³/mol. The maximum Gasteiger partial charge on any atom is 0.240 e. The zero-order valence-electron chi connectivity index (χ0n) is 9.88. The van der Waals surface area contributed by atoms with Crippen molar-refractivity contribution in [1.29, 1.82) is 0 Å². The van der Waals surface area contributed by atoms with Crippen molar-refractivity contribution in [3.63, 3.8) is 0 Å². The molecule has 0 spiro atoms. The summed E-state index contributed by atoms with van der Waals surface area (Å²) < 4.78 is 15.3. The van der Waals surface area contributed by atoms with Crippen molar-refractivity contribution in [3.8, 4) is 11.8 Å². The number of hydrogen-bond donors (Lipinski definition) is 1. The Bertz CT molecular complexity index is 544. The molecule has 0 aliphatic carbocycles. The Morgan fingerprint density at radius 2 is 2.11 bits per heavy atom. The quantitative estimate of drug-likeness (QED) is 0.911. The van der Waals surface area contributed by atoms with Gasteiger partial charge < -0.3 is 19.6 Å². The first-order valence-electron chi connectivity index (χ1n) is 5.11. The summed E-state index contributed by atoms with van der Waals surface area (Å²) in [5.41, 5.74) is 6.47. The lowest BCUT2D eigenvalue weighted by Crippen LogP contribution is -2.15. The lowest BCUT2D eigenvalue weighted by Gasteiger charge is -2.12. The van der Waals surface area contributed by atoms with Gasteiger partial charge in [0.25, 0.3) is 0 Å². The first-order chi connectivity index (χ1) is 8.65. The number of furan rings is 1. The fourth-order valence-electron chi connectivity index (χ4n) is 1.46. The van der Waals surface area contributed by atoms with Gasteiger partial charge in [0, 0.05) is 0 Å². The number of nitrogens with zero attached hydrogens (tertiary/aromatic N) is 2. The van der Waals surface area contributed by atoms with Gasteiger partial charge in [-0.25, -0.2) is 4.98 Å². The van der Waals surface area contributed by atoms with E-state index in [1.807, 2.05) is 0 Å². The third kappa shape index (κ3) is 2.39. The minimum Gasteiger partial charge on any atom is -0.480 e. The molecule has 2 heterocycles. The van der Waals surface area contributed by atoms with Crippen LogP contribution in [0.3, 0.4) is 0 Å². The molecule has 1 atom stereocenters. The zero-order chi connectivity index (χ0) is 13.1. The molecule has 0 amide bonds. The van der Waals surface area contributed by atoms with Gasteiger partial charge in [-0.1, -0.05) is 0 Å². The molecule has 0 aliphatic rings. The van der Waals surface area contributed by atoms with Crippen molar-refractivity contribution >= 4 is 11.6 Å². The van der Waals surface area contributed by atoms with Crippen molar-refractivity contribution in [2.45, 2.75) is 6.04 Å². The standard InChI is InChI=1S/C11H12ClN3O3/c1-16-8-5-14-10(11(15-8)17-2)9(13)6-3-4-7(12)18-6/h3-5,9H,13H2,1-2H3. The van der Waals surface area contributed by atoms with Crippen LogP contribution in [0.2, 0.25) is 5.22 Å². The molecule has 0 radical (unpaired) electrons. The lowest BCUT2D eigenvalue weighted by molar-refractivity contribution is 0.352. The average Bonchev–Trinajstić information content (AvgIpc) is 2.83. The van der Waals surface area contributed by atoms with Gasteiger partial charge in [-0.05, 0) is 23.7 Å². The van der Waals surface area contributed by atoms with Crippen molar-refractivity contribution in [1.82, 2.24) is 9.97 Å². The molecule has 6 nitrogen and oxygen atoms in total. The van der Waals surface area contributed by atoms with Gasteiger partial charge in [0.05, 0.1) is 20.4 Å². The van der Waals surface area contributed by atoms with E-state index < -0.39 is 6.04 Å². The summed E-state index contributed by atoms with van der Waals surface area (Å²) in [6.45, 7) is 0. The molecule has 7 heteroatoms. The Kier molecular flexibility index (Phi) is 3.69. The van der Waals surface area contributed by atoms with Crippen LogP contribution in [-0.2, 0) is 0 Å². The van der Waals surface area contributed by atoms with Crippen LogP contribution in [0.4, 0.5) is 0 Å². The van der Waals surface area contributed by atoms with Crippen LogP contribution in [0.5, 0.6) is 11.8 Å². The highest BCUT2D eigenvalue weighted by Gasteiger charge is 2.20. The summed E-state index contributed by atoms with van der Waals surface area (Å²) >= 11 is 5.70. The molecule has 1 unspecified atom stereocenters. The van der Waals surface area contributed by atoms with Gasteiger partial charge in [0.1, 0.15) is 17.5 Å². The van der Waals surface area contributed by atoms with E-state index in [1.54, 1.807) is 12.1 Å². The van der Waals surface area contributed by atoms with Crippen LogP contribution in [0.1, 0.15) is 17.5 Å². The van der Waals surface area contributed by atoms with Gasteiger partial charge >= 0.3 is 0 Å². The molecule has 0 saturated carbocycles. The van der Waals surface area contributed by atoms with Crippen LogP contribution in [-0.4, -0.2) is 24.2 Å². The van der Waals surface area contributed by atoms with E-state index >= 15 is 0 Å². The predicted octanol–water partition coefficient (Wildman–Crippen LogP) is 1.79. The highest BCUT2D eigenvalue weighted by molar-refractivity contribution is 6.28. The molecule has 0 fully saturated rings. The average molecular weight is 270 g/mol. The normalized spacial score (nSPS) is 12.2. The monoisotopic (exact) mass is 269 g/mol. The second-order valence-electron chi connectivity index (χ2n) is 3.43. The zero-order valence-corrected chi connectivity index (χ0v) is 10.6. The van der Waals surface area contributed by atoms with Crippen molar-refractivity contribution in [2.75, 3.05) is 14.2 Å². The molecule has 2 aromatic rings. The van der Waals surface area contributed by atoms with E-state index in [0.29, 0.717) is 17.3 Å². The van der Waals surface area contributed by atoms with Crippen LogP contribution in [0.25, 0.3) is 0 Å². The highest BCUT2D eigenvalue weighted by atomic mass is 35.5. The summed E-state index contributed by atoms with van der Waals surface area (Å²) in [4.78, 5) is 8.27. The molecule has 96 valence electrons. The summed E-state index contributed by atoms with van der Waals surface area (Å²) in [6.07, 6.45) is 1.46. The van der Waals surface area contributed by atoms with Gasteiger partial charge in [-0.15, -0.1) is 0 Å². The largest absolute Gasteiger partial charge is 0.480 e. The molecule has 0 saturated heterocycles. The van der Waals surface area contributed by atoms with E-state index in [1.165, 1.54) is 20.4 Å². The Labute approximate surface area is 109 Å². The van der Waals surface area contributed by atoms with Gasteiger partial charge in [-0.2, -0.15) is 4.98 Å². The van der Waals surface area contributed by atoms with Crippen LogP contribution in [0.15, 0.2) is 22.7 Å². The number of methoxy groups -OCH3 is 2. The number of aromatic nitrogens is 2. The Balaban J connectivity index is 2.38. The highest BCUT2D eigenvalue weighted by Crippen LogP contribution is 2.28. The molecule has 0 bridgehead atoms. The Morgan fingerprint density at radius 1 is 1.33 bits per heavy atom. The summed E-state index contributed by atoms with van der Waals surface area (Å²) in [7, 11) is 2.98. The van der Waals surface area contributed by atoms with Crippen molar-refractivity contribution in [2.24, 2.45) is 5.73 Å². The minimum atomic E-state index is -0.606. The minimum absolute atomic E-state index is 0.265. The Hall–Kier alpha value is -1.79. The van der Waals surface area contributed by atoms with Gasteiger partial charge in [0.15, 0.2) is 5.22 Å². The second kappa shape index (κ2) is 5.24. The first kappa shape index (κ1) is 12.7. The van der Waals surface area contributed by atoms with Crippen LogP contribution in [0, 0.1) is 0 Å². The van der Waals surface area contributed by atoms with Crippen LogP contribution >= 0.6 is 11.6 Å². The lowest BCUT2D eigenvalue weighted by atomic mass is 10.1. The van der Waals surface area contributed by atoms with E-state index in [9.17, 15) is 0 Å². The molecule has 2 N–H and O–H groups in total. The maximum absolute atomic E-state index is 6.02. The summed E-state index contributed by atoms with van der Waals surface area (Å²) in [5.74, 6) is 1.12.